The van der Waals surface area contributed by atoms with Crippen LogP contribution in [0.15, 0.2) is 53.4 Å². The van der Waals surface area contributed by atoms with Gasteiger partial charge in [-0.2, -0.15) is 0 Å². The van der Waals surface area contributed by atoms with Crippen molar-refractivity contribution in [1.82, 2.24) is 0 Å². The second-order valence-corrected chi connectivity index (χ2v) is 5.19. The first-order valence-electron chi connectivity index (χ1n) is 5.12. The van der Waals surface area contributed by atoms with Crippen LogP contribution in [-0.2, 0) is 10.0 Å². The molecule has 0 spiro atoms. The number of rotatable bonds is 3. The largest absolute Gasteiger partial charge is 0.456 e. The highest BCUT2D eigenvalue weighted by Crippen LogP contribution is 2.28. The summed E-state index contributed by atoms with van der Waals surface area (Å²) in [6.07, 6.45) is 0. The zero-order chi connectivity index (χ0) is 13.2. The van der Waals surface area contributed by atoms with Crippen LogP contribution in [0, 0.1) is 0 Å². The van der Waals surface area contributed by atoms with Crippen molar-refractivity contribution >= 4 is 15.7 Å². The molecule has 0 saturated heterocycles. The van der Waals surface area contributed by atoms with Gasteiger partial charge in [0.15, 0.2) is 0 Å². The summed E-state index contributed by atoms with van der Waals surface area (Å²) in [4.78, 5) is -0.0539. The summed E-state index contributed by atoms with van der Waals surface area (Å²) in [5.41, 5.74) is 6.15. The van der Waals surface area contributed by atoms with Crippen LogP contribution in [-0.4, -0.2) is 8.42 Å². The quantitative estimate of drug-likeness (QED) is 0.825. The zero-order valence-corrected chi connectivity index (χ0v) is 10.2. The maximum atomic E-state index is 11.4. The standard InChI is InChI=1S/C12H12N2O3S/c13-9-5-7-10(8-6-9)17-11-3-1-2-4-12(11)18(14,15)16/h1-8H,13H2,(H2,14,15,16). The van der Waals surface area contributed by atoms with Crippen molar-refractivity contribution in [2.75, 3.05) is 5.73 Å². The van der Waals surface area contributed by atoms with E-state index in [1.165, 1.54) is 12.1 Å². The van der Waals surface area contributed by atoms with Crippen LogP contribution in [0.2, 0.25) is 0 Å². The van der Waals surface area contributed by atoms with Gasteiger partial charge in [-0.1, -0.05) is 12.1 Å². The molecule has 0 aromatic heterocycles. The summed E-state index contributed by atoms with van der Waals surface area (Å²) in [5.74, 6) is 0.671. The topological polar surface area (TPSA) is 95.4 Å². The van der Waals surface area contributed by atoms with E-state index < -0.39 is 10.0 Å². The number of para-hydroxylation sites is 1. The van der Waals surface area contributed by atoms with E-state index in [0.29, 0.717) is 11.4 Å². The number of anilines is 1. The Morgan fingerprint density at radius 1 is 0.944 bits per heavy atom. The lowest BCUT2D eigenvalue weighted by Gasteiger charge is -2.09. The summed E-state index contributed by atoms with van der Waals surface area (Å²) in [6, 6.07) is 12.8. The van der Waals surface area contributed by atoms with Crippen molar-refractivity contribution in [2.45, 2.75) is 4.90 Å². The first-order valence-corrected chi connectivity index (χ1v) is 6.67. The van der Waals surface area contributed by atoms with Gasteiger partial charge in [0, 0.05) is 5.69 Å². The van der Waals surface area contributed by atoms with E-state index in [0.717, 1.165) is 0 Å². The molecule has 0 aliphatic heterocycles. The second-order valence-electron chi connectivity index (χ2n) is 3.66. The first-order chi connectivity index (χ1) is 8.47. The molecule has 0 bridgehead atoms. The monoisotopic (exact) mass is 264 g/mol. The van der Waals surface area contributed by atoms with Crippen LogP contribution in [0.5, 0.6) is 11.5 Å². The van der Waals surface area contributed by atoms with Crippen molar-refractivity contribution in [3.8, 4) is 11.5 Å². The molecule has 94 valence electrons. The number of nitrogens with two attached hydrogens (primary N) is 2. The maximum absolute atomic E-state index is 11.4. The fourth-order valence-electron chi connectivity index (χ4n) is 1.43. The van der Waals surface area contributed by atoms with Gasteiger partial charge in [-0.05, 0) is 36.4 Å². The van der Waals surface area contributed by atoms with Crippen molar-refractivity contribution in [3.05, 3.63) is 48.5 Å². The van der Waals surface area contributed by atoms with Gasteiger partial charge < -0.3 is 10.5 Å². The fourth-order valence-corrected chi connectivity index (χ4v) is 2.09. The number of benzene rings is 2. The van der Waals surface area contributed by atoms with Crippen LogP contribution in [0.4, 0.5) is 5.69 Å². The van der Waals surface area contributed by atoms with Gasteiger partial charge in [0.1, 0.15) is 16.4 Å². The predicted octanol–water partition coefficient (Wildman–Crippen LogP) is 1.71. The van der Waals surface area contributed by atoms with Gasteiger partial charge in [0.25, 0.3) is 0 Å². The molecule has 4 N–H and O–H groups in total. The lowest BCUT2D eigenvalue weighted by Crippen LogP contribution is -2.13. The molecule has 2 rings (SSSR count). The van der Waals surface area contributed by atoms with Gasteiger partial charge in [0.2, 0.25) is 10.0 Å². The molecule has 0 aliphatic carbocycles. The van der Waals surface area contributed by atoms with Crippen LogP contribution in [0.25, 0.3) is 0 Å². The Labute approximate surface area is 105 Å². The van der Waals surface area contributed by atoms with E-state index in [4.69, 9.17) is 15.6 Å². The second kappa shape index (κ2) is 4.67. The van der Waals surface area contributed by atoms with Crippen LogP contribution in [0.1, 0.15) is 0 Å². The van der Waals surface area contributed by atoms with E-state index >= 15 is 0 Å². The molecule has 2 aromatic carbocycles. The van der Waals surface area contributed by atoms with E-state index in [9.17, 15) is 8.42 Å². The summed E-state index contributed by atoms with van der Waals surface area (Å²) in [5, 5.41) is 5.11. The van der Waals surface area contributed by atoms with Crippen LogP contribution < -0.4 is 15.6 Å². The van der Waals surface area contributed by atoms with Crippen molar-refractivity contribution in [3.63, 3.8) is 0 Å². The Morgan fingerprint density at radius 3 is 2.17 bits per heavy atom. The molecule has 5 nitrogen and oxygen atoms in total. The van der Waals surface area contributed by atoms with Gasteiger partial charge in [-0.25, -0.2) is 13.6 Å². The molecule has 0 unspecified atom stereocenters. The third-order valence-electron chi connectivity index (χ3n) is 2.26. The summed E-state index contributed by atoms with van der Waals surface area (Å²) in [7, 11) is -3.81. The molecular weight excluding hydrogens is 252 g/mol. The van der Waals surface area contributed by atoms with E-state index in [-0.39, 0.29) is 10.6 Å². The minimum Gasteiger partial charge on any atom is -0.456 e. The zero-order valence-electron chi connectivity index (χ0n) is 9.41. The lowest BCUT2D eigenvalue weighted by atomic mass is 10.3. The lowest BCUT2D eigenvalue weighted by molar-refractivity contribution is 0.467. The first kappa shape index (κ1) is 12.4. The number of sulfonamides is 1. The minimum absolute atomic E-state index is 0.0539. The minimum atomic E-state index is -3.81. The van der Waals surface area contributed by atoms with Crippen molar-refractivity contribution in [2.24, 2.45) is 5.14 Å². The van der Waals surface area contributed by atoms with Gasteiger partial charge in [-0.3, -0.25) is 0 Å². The average Bonchev–Trinajstić information content (AvgIpc) is 2.31. The van der Waals surface area contributed by atoms with Crippen molar-refractivity contribution in [1.29, 1.82) is 0 Å². The number of primary sulfonamides is 1. The summed E-state index contributed by atoms with van der Waals surface area (Å²) in [6.45, 7) is 0. The average molecular weight is 264 g/mol. The summed E-state index contributed by atoms with van der Waals surface area (Å²) < 4.78 is 28.2. The molecule has 2 aromatic rings. The number of hydrogen-bond acceptors (Lipinski definition) is 4. The highest BCUT2D eigenvalue weighted by atomic mass is 32.2. The molecule has 0 radical (unpaired) electrons. The smallest absolute Gasteiger partial charge is 0.241 e. The highest BCUT2D eigenvalue weighted by Gasteiger charge is 2.14. The molecular formula is C12H12N2O3S. The predicted molar refractivity (Wildman–Crippen MR) is 68.7 cm³/mol. The number of hydrogen-bond donors (Lipinski definition) is 2. The molecule has 18 heavy (non-hydrogen) atoms. The number of ether oxygens (including phenoxy) is 1. The normalized spacial score (nSPS) is 11.2. The van der Waals surface area contributed by atoms with E-state index in [1.807, 2.05) is 0 Å². The molecule has 0 amide bonds. The molecule has 0 atom stereocenters. The highest BCUT2D eigenvalue weighted by molar-refractivity contribution is 7.89. The van der Waals surface area contributed by atoms with Crippen LogP contribution >= 0.6 is 0 Å². The maximum Gasteiger partial charge on any atom is 0.241 e. The van der Waals surface area contributed by atoms with Crippen molar-refractivity contribution < 1.29 is 13.2 Å². The van der Waals surface area contributed by atoms with Gasteiger partial charge in [0.05, 0.1) is 0 Å². The Balaban J connectivity index is 2.38. The third kappa shape index (κ3) is 2.79. The molecule has 0 fully saturated rings. The Kier molecular flexibility index (Phi) is 3.22. The Hall–Kier alpha value is -2.05. The third-order valence-corrected chi connectivity index (χ3v) is 3.21. The molecule has 6 heteroatoms. The van der Waals surface area contributed by atoms with Gasteiger partial charge >= 0.3 is 0 Å². The van der Waals surface area contributed by atoms with Crippen LogP contribution in [0.3, 0.4) is 0 Å². The van der Waals surface area contributed by atoms with E-state index in [1.54, 1.807) is 36.4 Å². The molecule has 0 aliphatic rings. The SMILES string of the molecule is Nc1ccc(Oc2ccccc2S(N)(=O)=O)cc1. The van der Waals surface area contributed by atoms with E-state index in [2.05, 4.69) is 0 Å². The fraction of sp³-hybridized carbons (Fsp3) is 0. The molecule has 0 heterocycles. The Morgan fingerprint density at radius 2 is 1.56 bits per heavy atom. The summed E-state index contributed by atoms with van der Waals surface area (Å²) >= 11 is 0. The molecule has 0 saturated carbocycles. The van der Waals surface area contributed by atoms with Gasteiger partial charge in [-0.15, -0.1) is 0 Å². The Bertz CT molecular complexity index is 651. The number of nitrogen functional groups attached to an aromatic ring is 1.